The number of esters is 1. The Bertz CT molecular complexity index is 484. The van der Waals surface area contributed by atoms with Gasteiger partial charge in [-0.05, 0) is 64.9 Å². The minimum Gasteiger partial charge on any atom is -0.461 e. The quantitative estimate of drug-likeness (QED) is 0.461. The highest BCUT2D eigenvalue weighted by molar-refractivity contribution is 5.78. The maximum Gasteiger partial charge on any atom is 0.310 e. The minimum atomic E-state index is -0.0548. The molecule has 0 aliphatic heterocycles. The van der Waals surface area contributed by atoms with Gasteiger partial charge in [0.25, 0.3) is 0 Å². The summed E-state index contributed by atoms with van der Waals surface area (Å²) in [7, 11) is 0. The van der Waals surface area contributed by atoms with E-state index in [4.69, 9.17) is 4.74 Å². The first-order valence-electron chi connectivity index (χ1n) is 8.27. The highest BCUT2D eigenvalue weighted by Gasteiger charge is 2.61. The van der Waals surface area contributed by atoms with E-state index in [0.717, 1.165) is 12.8 Å². The van der Waals surface area contributed by atoms with Crippen LogP contribution in [-0.2, 0) is 9.53 Å². The van der Waals surface area contributed by atoms with Crippen LogP contribution in [0.15, 0.2) is 34.9 Å². The van der Waals surface area contributed by atoms with E-state index in [0.29, 0.717) is 12.5 Å². The van der Waals surface area contributed by atoms with Gasteiger partial charge in [-0.25, -0.2) is 0 Å². The minimum absolute atomic E-state index is 0.0155. The predicted octanol–water partition coefficient (Wildman–Crippen LogP) is 5.46. The molecule has 0 radical (unpaired) electrons. The fraction of sp³-hybridized carbons (Fsp3) is 0.650. The van der Waals surface area contributed by atoms with E-state index in [1.54, 1.807) is 0 Å². The summed E-state index contributed by atoms with van der Waals surface area (Å²) in [6.45, 7) is 15.2. The third-order valence-electron chi connectivity index (χ3n) is 4.43. The zero-order valence-corrected chi connectivity index (χ0v) is 15.3. The van der Waals surface area contributed by atoms with Crippen LogP contribution in [0.5, 0.6) is 0 Å². The normalized spacial score (nSPS) is 22.8. The molecule has 1 aliphatic carbocycles. The first-order valence-corrected chi connectivity index (χ1v) is 8.27. The standard InChI is InChI=1S/C20H32O2/c1-14(2)9-8-10-16(5)11-12-22-19(21)18-17(13-15(3)4)20(18,6)7/h9,11,13,17-18H,8,10,12H2,1-7H3/b16-11-/t17-,18-/m0/s1. The Morgan fingerprint density at radius 1 is 1.05 bits per heavy atom. The Morgan fingerprint density at radius 2 is 1.68 bits per heavy atom. The van der Waals surface area contributed by atoms with Crippen molar-refractivity contribution in [3.05, 3.63) is 34.9 Å². The molecule has 0 aromatic rings. The van der Waals surface area contributed by atoms with Crippen molar-refractivity contribution in [1.82, 2.24) is 0 Å². The summed E-state index contributed by atoms with van der Waals surface area (Å²) in [6.07, 6.45) is 8.55. The van der Waals surface area contributed by atoms with E-state index in [-0.39, 0.29) is 17.3 Å². The first-order chi connectivity index (χ1) is 10.2. The number of hydrogen-bond acceptors (Lipinski definition) is 2. The fourth-order valence-corrected chi connectivity index (χ4v) is 2.84. The Kier molecular flexibility index (Phi) is 6.65. The highest BCUT2D eigenvalue weighted by atomic mass is 16.5. The number of allylic oxidation sites excluding steroid dienone is 5. The zero-order chi connectivity index (χ0) is 16.9. The summed E-state index contributed by atoms with van der Waals surface area (Å²) in [5.41, 5.74) is 3.93. The topological polar surface area (TPSA) is 26.3 Å². The molecule has 0 N–H and O–H groups in total. The van der Waals surface area contributed by atoms with E-state index < -0.39 is 0 Å². The molecule has 0 bridgehead atoms. The molecule has 2 atom stereocenters. The van der Waals surface area contributed by atoms with E-state index in [9.17, 15) is 4.79 Å². The third-order valence-corrected chi connectivity index (χ3v) is 4.43. The van der Waals surface area contributed by atoms with Crippen molar-refractivity contribution >= 4 is 5.97 Å². The maximum atomic E-state index is 12.2. The SMILES string of the molecule is CC(C)=CCC/C(C)=C\COC(=O)[C@@H]1[C@H](C=C(C)C)C1(C)C. The van der Waals surface area contributed by atoms with Crippen molar-refractivity contribution in [2.24, 2.45) is 17.3 Å². The summed E-state index contributed by atoms with van der Waals surface area (Å²) in [5.74, 6) is 0.287. The van der Waals surface area contributed by atoms with Crippen LogP contribution < -0.4 is 0 Å². The second-order valence-corrected chi connectivity index (χ2v) is 7.57. The lowest BCUT2D eigenvalue weighted by Crippen LogP contribution is -2.10. The van der Waals surface area contributed by atoms with Crippen molar-refractivity contribution in [1.29, 1.82) is 0 Å². The summed E-state index contributed by atoms with van der Waals surface area (Å²) in [5, 5.41) is 0. The molecule has 2 nitrogen and oxygen atoms in total. The molecule has 22 heavy (non-hydrogen) atoms. The van der Waals surface area contributed by atoms with Crippen LogP contribution in [0.1, 0.15) is 61.3 Å². The largest absolute Gasteiger partial charge is 0.461 e. The fourth-order valence-electron chi connectivity index (χ4n) is 2.84. The van der Waals surface area contributed by atoms with Gasteiger partial charge in [-0.3, -0.25) is 4.79 Å². The highest BCUT2D eigenvalue weighted by Crippen LogP contribution is 2.59. The number of carbonyl (C=O) groups is 1. The molecule has 1 saturated carbocycles. The van der Waals surface area contributed by atoms with E-state index in [2.05, 4.69) is 60.6 Å². The summed E-state index contributed by atoms with van der Waals surface area (Å²) < 4.78 is 5.45. The summed E-state index contributed by atoms with van der Waals surface area (Å²) in [6, 6.07) is 0. The van der Waals surface area contributed by atoms with Crippen molar-refractivity contribution in [2.75, 3.05) is 6.61 Å². The van der Waals surface area contributed by atoms with Gasteiger partial charge in [0.1, 0.15) is 6.61 Å². The number of ether oxygens (including phenoxy) is 1. The van der Waals surface area contributed by atoms with Gasteiger partial charge in [-0.2, -0.15) is 0 Å². The van der Waals surface area contributed by atoms with Gasteiger partial charge in [0.05, 0.1) is 5.92 Å². The Labute approximate surface area is 136 Å². The Balaban J connectivity index is 2.41. The van der Waals surface area contributed by atoms with Crippen LogP contribution in [0.3, 0.4) is 0 Å². The molecule has 0 aromatic heterocycles. The molecule has 0 spiro atoms. The predicted molar refractivity (Wildman–Crippen MR) is 93.6 cm³/mol. The van der Waals surface area contributed by atoms with Gasteiger partial charge in [0.15, 0.2) is 0 Å². The van der Waals surface area contributed by atoms with E-state index in [1.165, 1.54) is 16.7 Å². The average Bonchev–Trinajstić information content (AvgIpc) is 2.89. The molecule has 0 saturated heterocycles. The lowest BCUT2D eigenvalue weighted by molar-refractivity contribution is -0.144. The summed E-state index contributed by atoms with van der Waals surface area (Å²) >= 11 is 0. The van der Waals surface area contributed by atoms with Crippen LogP contribution >= 0.6 is 0 Å². The monoisotopic (exact) mass is 304 g/mol. The van der Waals surface area contributed by atoms with E-state index >= 15 is 0 Å². The molecule has 1 fully saturated rings. The molecular formula is C20H32O2. The third kappa shape index (κ3) is 5.47. The maximum absolute atomic E-state index is 12.2. The Hall–Kier alpha value is -1.31. The zero-order valence-electron chi connectivity index (χ0n) is 15.3. The molecule has 0 aromatic carbocycles. The molecule has 0 amide bonds. The number of rotatable bonds is 7. The lowest BCUT2D eigenvalue weighted by Gasteiger charge is -2.04. The number of hydrogen-bond donors (Lipinski definition) is 0. The van der Waals surface area contributed by atoms with Gasteiger partial charge in [-0.1, -0.05) is 42.7 Å². The van der Waals surface area contributed by atoms with E-state index in [1.807, 2.05) is 6.08 Å². The van der Waals surface area contributed by atoms with Crippen LogP contribution in [0.25, 0.3) is 0 Å². The first kappa shape index (κ1) is 18.7. The molecule has 2 heteroatoms. The second-order valence-electron chi connectivity index (χ2n) is 7.57. The Morgan fingerprint density at radius 3 is 2.23 bits per heavy atom. The second kappa shape index (κ2) is 7.80. The average molecular weight is 304 g/mol. The molecule has 1 rings (SSSR count). The molecule has 0 heterocycles. The van der Waals surface area contributed by atoms with Gasteiger partial charge >= 0.3 is 5.97 Å². The van der Waals surface area contributed by atoms with Crippen LogP contribution in [0.4, 0.5) is 0 Å². The van der Waals surface area contributed by atoms with Crippen LogP contribution in [0, 0.1) is 17.3 Å². The van der Waals surface area contributed by atoms with Crippen molar-refractivity contribution < 1.29 is 9.53 Å². The molecule has 124 valence electrons. The van der Waals surface area contributed by atoms with Crippen LogP contribution in [-0.4, -0.2) is 12.6 Å². The molecule has 0 unspecified atom stereocenters. The van der Waals surface area contributed by atoms with Crippen molar-refractivity contribution in [2.45, 2.75) is 61.3 Å². The van der Waals surface area contributed by atoms with Crippen LogP contribution in [0.2, 0.25) is 0 Å². The van der Waals surface area contributed by atoms with Gasteiger partial charge < -0.3 is 4.74 Å². The van der Waals surface area contributed by atoms with Gasteiger partial charge in [0, 0.05) is 0 Å². The van der Waals surface area contributed by atoms with Gasteiger partial charge in [0.2, 0.25) is 0 Å². The van der Waals surface area contributed by atoms with Gasteiger partial charge in [-0.15, -0.1) is 0 Å². The van der Waals surface area contributed by atoms with Crippen molar-refractivity contribution in [3.63, 3.8) is 0 Å². The summed E-state index contributed by atoms with van der Waals surface area (Å²) in [4.78, 5) is 12.2. The number of carbonyl (C=O) groups excluding carboxylic acids is 1. The molecular weight excluding hydrogens is 272 g/mol. The lowest BCUT2D eigenvalue weighted by atomic mass is 10.1. The smallest absolute Gasteiger partial charge is 0.310 e. The van der Waals surface area contributed by atoms with Crippen molar-refractivity contribution in [3.8, 4) is 0 Å². The molecule has 1 aliphatic rings.